The van der Waals surface area contributed by atoms with Crippen molar-refractivity contribution in [1.29, 1.82) is 0 Å². The van der Waals surface area contributed by atoms with Crippen LogP contribution in [0.1, 0.15) is 50.1 Å². The van der Waals surface area contributed by atoms with E-state index in [1.165, 1.54) is 36.2 Å². The second-order valence-corrected chi connectivity index (χ2v) is 13.5. The average Bonchev–Trinajstić information content (AvgIpc) is 3.66. The summed E-state index contributed by atoms with van der Waals surface area (Å²) in [6, 6.07) is 31.5. The van der Waals surface area contributed by atoms with Gasteiger partial charge in [0.2, 0.25) is 0 Å². The van der Waals surface area contributed by atoms with Crippen molar-refractivity contribution in [2.24, 2.45) is 4.99 Å². The summed E-state index contributed by atoms with van der Waals surface area (Å²) < 4.78 is 20.2. The third-order valence-corrected chi connectivity index (χ3v) is 10.0. The molecule has 2 heterocycles. The van der Waals surface area contributed by atoms with Crippen LogP contribution in [-0.2, 0) is 11.2 Å². The molecule has 0 radical (unpaired) electrons. The zero-order valence-electron chi connectivity index (χ0n) is 25.4. The number of nitrogens with zero attached hydrogens (tertiary/aromatic N) is 2. The first-order valence-electron chi connectivity index (χ1n) is 15.3. The third-order valence-electron chi connectivity index (χ3n) is 8.57. The summed E-state index contributed by atoms with van der Waals surface area (Å²) in [6.45, 7) is 0.190. The molecule has 1 aliphatic heterocycles. The number of carbonyl (C=O) groups is 2. The number of pyridine rings is 1. The zero-order valence-corrected chi connectivity index (χ0v) is 27.7. The lowest BCUT2D eigenvalue weighted by Gasteiger charge is -2.23. The number of benzene rings is 4. The molecule has 0 fully saturated rings. The van der Waals surface area contributed by atoms with Crippen molar-refractivity contribution in [3.8, 4) is 11.1 Å². The molecule has 240 valence electrons. The number of halogens is 3. The van der Waals surface area contributed by atoms with Crippen LogP contribution in [0, 0.1) is 5.82 Å². The molecule has 2 aliphatic rings. The van der Waals surface area contributed by atoms with Crippen molar-refractivity contribution >= 4 is 52.0 Å². The predicted octanol–water partition coefficient (Wildman–Crippen LogP) is 9.09. The lowest BCUT2D eigenvalue weighted by Crippen LogP contribution is -2.29. The van der Waals surface area contributed by atoms with Crippen molar-refractivity contribution in [3.63, 3.8) is 0 Å². The Morgan fingerprint density at radius 3 is 2.29 bits per heavy atom. The summed E-state index contributed by atoms with van der Waals surface area (Å²) in [7, 11) is 0. The fraction of sp³-hybridized carbons (Fsp3) is 0.158. The van der Waals surface area contributed by atoms with E-state index in [9.17, 15) is 14.0 Å². The largest absolute Gasteiger partial charge is 0.448 e. The molecule has 2 atom stereocenters. The van der Waals surface area contributed by atoms with Gasteiger partial charge >= 0.3 is 6.09 Å². The number of hydrogen-bond donors (Lipinski definition) is 1. The Hall–Kier alpha value is -4.50. The quantitative estimate of drug-likeness (QED) is 0.164. The number of aliphatic imine (C=N–C) groups is 1. The van der Waals surface area contributed by atoms with Gasteiger partial charge in [0.05, 0.1) is 16.1 Å². The number of carbonyl (C=O) groups excluding carboxylic acids is 2. The van der Waals surface area contributed by atoms with E-state index >= 15 is 0 Å². The van der Waals surface area contributed by atoms with Crippen LogP contribution in [0.3, 0.4) is 0 Å². The smallest absolute Gasteiger partial charge is 0.413 e. The number of aromatic nitrogens is 1. The van der Waals surface area contributed by atoms with E-state index in [1.54, 1.807) is 6.07 Å². The van der Waals surface area contributed by atoms with Gasteiger partial charge in [-0.3, -0.25) is 15.1 Å². The van der Waals surface area contributed by atoms with Gasteiger partial charge in [-0.05, 0) is 57.1 Å². The number of Topliss-reactive ketones (excluding diaryl/α,β-unsaturated/α-hetero) is 1. The van der Waals surface area contributed by atoms with Gasteiger partial charge in [-0.2, -0.15) is 0 Å². The number of alkyl carbamates (subject to hydrolysis) is 1. The molecule has 1 N–H and O–H groups in total. The third kappa shape index (κ3) is 6.74. The molecule has 4 aromatic carbocycles. The summed E-state index contributed by atoms with van der Waals surface area (Å²) in [5.41, 5.74) is 7.07. The highest BCUT2D eigenvalue weighted by atomic mass is 35.5. The molecular formula is C38H28Cl2FN3O3S. The molecular weight excluding hydrogens is 668 g/mol. The van der Waals surface area contributed by atoms with Gasteiger partial charge in [-0.15, -0.1) is 0 Å². The second kappa shape index (κ2) is 13.9. The Balaban J connectivity index is 1.08. The molecule has 2 unspecified atom stereocenters. The number of ether oxygens (including phenoxy) is 1. The van der Waals surface area contributed by atoms with E-state index in [1.807, 2.05) is 54.6 Å². The lowest BCUT2D eigenvalue weighted by atomic mass is 9.85. The first-order chi connectivity index (χ1) is 23.3. The Bertz CT molecular complexity index is 2030. The molecule has 5 aromatic rings. The zero-order chi connectivity index (χ0) is 33.2. The minimum atomic E-state index is -0.582. The molecule has 48 heavy (non-hydrogen) atoms. The van der Waals surface area contributed by atoms with Crippen LogP contribution in [0.15, 0.2) is 114 Å². The standard InChI is InChI=1S/C38H28Cl2FN3O3S/c39-25-18-32(40)36(42-19-25)34(45)16-22-7-5-8-23(15-22)35(24-9-6-10-26(41)17-24)33-21-48-37(43-33)44-38(46)47-20-31-29-13-3-1-11-27(29)28-12-2-4-14-30(28)31/h1-15,17-19,31,33,35H,16,20-21H2,(H,43,44,46). The molecule has 0 spiro atoms. The van der Waals surface area contributed by atoms with Gasteiger partial charge in [0.25, 0.3) is 0 Å². The summed E-state index contributed by atoms with van der Waals surface area (Å²) in [6.07, 6.45) is 0.872. The highest BCUT2D eigenvalue weighted by Gasteiger charge is 2.32. The normalized spacial score (nSPS) is 15.7. The first-order valence-corrected chi connectivity index (χ1v) is 17.1. The van der Waals surface area contributed by atoms with Crippen molar-refractivity contribution < 1.29 is 18.7 Å². The fourth-order valence-electron chi connectivity index (χ4n) is 6.47. The van der Waals surface area contributed by atoms with E-state index in [4.69, 9.17) is 32.9 Å². The maximum Gasteiger partial charge on any atom is 0.413 e. The molecule has 7 rings (SSSR count). The van der Waals surface area contributed by atoms with E-state index < -0.39 is 6.09 Å². The number of ketones is 1. The van der Waals surface area contributed by atoms with E-state index in [0.717, 1.165) is 38.9 Å². The maximum absolute atomic E-state index is 14.5. The number of nitrogens with one attached hydrogen (secondary N) is 1. The monoisotopic (exact) mass is 695 g/mol. The number of amides is 1. The molecule has 10 heteroatoms. The van der Waals surface area contributed by atoms with Crippen molar-refractivity contribution in [2.45, 2.75) is 24.3 Å². The first kappa shape index (κ1) is 32.1. The summed E-state index contributed by atoms with van der Waals surface area (Å²) >= 11 is 13.6. The molecule has 1 amide bonds. The SMILES string of the molecule is O=C(NC1=NC(C(c2cccc(F)c2)c2cccc(CC(=O)c3ncc(Cl)cc3Cl)c2)CS1)OCC1c2ccccc2-c2ccccc21. The van der Waals surface area contributed by atoms with Crippen LogP contribution >= 0.6 is 35.0 Å². The van der Waals surface area contributed by atoms with Gasteiger partial charge in [-0.25, -0.2) is 14.2 Å². The number of thioether (sulfide) groups is 1. The predicted molar refractivity (Wildman–Crippen MR) is 189 cm³/mol. The highest BCUT2D eigenvalue weighted by Crippen LogP contribution is 2.44. The van der Waals surface area contributed by atoms with Crippen LogP contribution in [0.5, 0.6) is 0 Å². The summed E-state index contributed by atoms with van der Waals surface area (Å²) in [5, 5.41) is 3.79. The van der Waals surface area contributed by atoms with Crippen LogP contribution in [0.25, 0.3) is 11.1 Å². The number of amidine groups is 1. The van der Waals surface area contributed by atoms with Crippen LogP contribution in [0.4, 0.5) is 9.18 Å². The van der Waals surface area contributed by atoms with E-state index in [2.05, 4.69) is 34.6 Å². The molecule has 0 saturated carbocycles. The minimum absolute atomic E-state index is 0.0583. The van der Waals surface area contributed by atoms with Crippen LogP contribution in [-0.4, -0.2) is 40.4 Å². The summed E-state index contributed by atoms with van der Waals surface area (Å²) in [4.78, 5) is 35.1. The lowest BCUT2D eigenvalue weighted by molar-refractivity contribution is 0.0988. The fourth-order valence-corrected chi connectivity index (χ4v) is 7.92. The topological polar surface area (TPSA) is 80.7 Å². The van der Waals surface area contributed by atoms with E-state index in [0.29, 0.717) is 15.9 Å². The van der Waals surface area contributed by atoms with Crippen LogP contribution < -0.4 is 5.32 Å². The Morgan fingerprint density at radius 1 is 0.896 bits per heavy atom. The number of hydrogen-bond acceptors (Lipinski definition) is 6. The average molecular weight is 697 g/mol. The van der Waals surface area contributed by atoms with Gasteiger partial charge in [-0.1, -0.05) is 120 Å². The maximum atomic E-state index is 14.5. The van der Waals surface area contributed by atoms with Gasteiger partial charge in [0, 0.05) is 30.2 Å². The van der Waals surface area contributed by atoms with Gasteiger partial charge in [0.15, 0.2) is 11.0 Å². The summed E-state index contributed by atoms with van der Waals surface area (Å²) in [5.74, 6) is -0.466. The minimum Gasteiger partial charge on any atom is -0.448 e. The van der Waals surface area contributed by atoms with Crippen molar-refractivity contribution in [1.82, 2.24) is 10.3 Å². The number of rotatable bonds is 8. The molecule has 1 aliphatic carbocycles. The number of fused-ring (bicyclic) bond motifs is 3. The second-order valence-electron chi connectivity index (χ2n) is 11.6. The Labute approximate surface area is 291 Å². The Kier molecular flexibility index (Phi) is 9.30. The van der Waals surface area contributed by atoms with Gasteiger partial charge < -0.3 is 4.74 Å². The molecule has 0 saturated heterocycles. The van der Waals surface area contributed by atoms with Crippen molar-refractivity contribution in [2.75, 3.05) is 12.4 Å². The van der Waals surface area contributed by atoms with Crippen LogP contribution in [0.2, 0.25) is 10.0 Å². The molecule has 6 nitrogen and oxygen atoms in total. The highest BCUT2D eigenvalue weighted by molar-refractivity contribution is 8.14. The molecule has 0 bridgehead atoms. The Morgan fingerprint density at radius 2 is 1.58 bits per heavy atom. The van der Waals surface area contributed by atoms with Gasteiger partial charge in [0.1, 0.15) is 18.1 Å². The van der Waals surface area contributed by atoms with E-state index in [-0.39, 0.29) is 53.2 Å². The van der Waals surface area contributed by atoms with Crippen molar-refractivity contribution in [3.05, 3.63) is 159 Å². The molecule has 1 aromatic heterocycles.